The minimum absolute atomic E-state index is 0.0879. The SMILES string of the molecule is O=C(c1ccc(Nc2ccnc3cc(Cl)ccc23)cc1)N1CCN(Cc2ccccc2)CC1. The number of piperazine rings is 1. The number of nitrogens with zero attached hydrogens (tertiary/aromatic N) is 3. The number of pyridine rings is 1. The summed E-state index contributed by atoms with van der Waals surface area (Å²) in [7, 11) is 0. The zero-order chi connectivity index (χ0) is 22.6. The molecule has 0 atom stereocenters. The molecule has 166 valence electrons. The number of benzene rings is 3. The molecule has 0 aliphatic carbocycles. The van der Waals surface area contributed by atoms with Crippen LogP contribution in [0.15, 0.2) is 85.1 Å². The van der Waals surface area contributed by atoms with Crippen LogP contribution in [0.25, 0.3) is 10.9 Å². The minimum atomic E-state index is 0.0879. The fourth-order valence-electron chi connectivity index (χ4n) is 4.22. The van der Waals surface area contributed by atoms with Crippen molar-refractivity contribution in [2.75, 3.05) is 31.5 Å². The van der Waals surface area contributed by atoms with E-state index in [-0.39, 0.29) is 5.91 Å². The van der Waals surface area contributed by atoms with Crippen LogP contribution in [0.5, 0.6) is 0 Å². The maximum Gasteiger partial charge on any atom is 0.253 e. The molecule has 1 amide bonds. The highest BCUT2D eigenvalue weighted by Crippen LogP contribution is 2.27. The molecule has 5 nitrogen and oxygen atoms in total. The van der Waals surface area contributed by atoms with Crippen LogP contribution < -0.4 is 5.32 Å². The predicted molar refractivity (Wildman–Crippen MR) is 134 cm³/mol. The van der Waals surface area contributed by atoms with Gasteiger partial charge in [-0.15, -0.1) is 0 Å². The first-order valence-corrected chi connectivity index (χ1v) is 11.5. The highest BCUT2D eigenvalue weighted by molar-refractivity contribution is 6.31. The zero-order valence-corrected chi connectivity index (χ0v) is 19.0. The molecular weight excluding hydrogens is 432 g/mol. The quantitative estimate of drug-likeness (QED) is 0.425. The molecule has 1 aliphatic rings. The van der Waals surface area contributed by atoms with Gasteiger partial charge in [0.1, 0.15) is 0 Å². The molecule has 3 aromatic carbocycles. The smallest absolute Gasteiger partial charge is 0.253 e. The van der Waals surface area contributed by atoms with Gasteiger partial charge in [0.15, 0.2) is 0 Å². The molecule has 1 fully saturated rings. The summed E-state index contributed by atoms with van der Waals surface area (Å²) < 4.78 is 0. The van der Waals surface area contributed by atoms with E-state index in [2.05, 4.69) is 39.5 Å². The van der Waals surface area contributed by atoms with Gasteiger partial charge in [-0.3, -0.25) is 14.7 Å². The molecule has 6 heteroatoms. The predicted octanol–water partition coefficient (Wildman–Crippen LogP) is 5.59. The molecule has 1 saturated heterocycles. The third-order valence-electron chi connectivity index (χ3n) is 6.02. The molecule has 33 heavy (non-hydrogen) atoms. The molecule has 0 spiro atoms. The third kappa shape index (κ3) is 5.00. The fraction of sp³-hybridized carbons (Fsp3) is 0.185. The number of amides is 1. The van der Waals surface area contributed by atoms with E-state index in [1.807, 2.05) is 59.5 Å². The van der Waals surface area contributed by atoms with E-state index < -0.39 is 0 Å². The van der Waals surface area contributed by atoms with Crippen LogP contribution in [-0.2, 0) is 6.54 Å². The van der Waals surface area contributed by atoms with Gasteiger partial charge in [0.05, 0.1) is 5.52 Å². The van der Waals surface area contributed by atoms with Crippen molar-refractivity contribution in [3.63, 3.8) is 0 Å². The molecule has 4 aromatic rings. The highest BCUT2D eigenvalue weighted by Gasteiger charge is 2.22. The summed E-state index contributed by atoms with van der Waals surface area (Å²) >= 11 is 6.09. The molecule has 0 bridgehead atoms. The van der Waals surface area contributed by atoms with Crippen LogP contribution in [0, 0.1) is 0 Å². The third-order valence-corrected chi connectivity index (χ3v) is 6.26. The molecule has 5 rings (SSSR count). The van der Waals surface area contributed by atoms with Crippen molar-refractivity contribution in [1.82, 2.24) is 14.8 Å². The summed E-state index contributed by atoms with van der Waals surface area (Å²) in [5, 5.41) is 5.09. The summed E-state index contributed by atoms with van der Waals surface area (Å²) in [4.78, 5) is 21.7. The molecule has 1 aromatic heterocycles. The average molecular weight is 457 g/mol. The lowest BCUT2D eigenvalue weighted by molar-refractivity contribution is 0.0628. The van der Waals surface area contributed by atoms with Gasteiger partial charge in [-0.05, 0) is 54.1 Å². The van der Waals surface area contributed by atoms with Gasteiger partial charge in [-0.2, -0.15) is 0 Å². The van der Waals surface area contributed by atoms with Crippen molar-refractivity contribution in [2.24, 2.45) is 0 Å². The summed E-state index contributed by atoms with van der Waals surface area (Å²) in [5.41, 5.74) is 4.73. The zero-order valence-electron chi connectivity index (χ0n) is 18.2. The molecule has 0 radical (unpaired) electrons. The van der Waals surface area contributed by atoms with Gasteiger partial charge in [0.25, 0.3) is 5.91 Å². The molecule has 0 saturated carbocycles. The Hall–Kier alpha value is -3.41. The number of nitrogens with one attached hydrogen (secondary N) is 1. The van der Waals surface area contributed by atoms with E-state index in [0.717, 1.165) is 55.0 Å². The first kappa shape index (κ1) is 21.4. The Balaban J connectivity index is 1.21. The van der Waals surface area contributed by atoms with Gasteiger partial charge in [-0.25, -0.2) is 0 Å². The number of hydrogen-bond donors (Lipinski definition) is 1. The number of rotatable bonds is 5. The normalized spacial score (nSPS) is 14.4. The van der Waals surface area contributed by atoms with Crippen molar-refractivity contribution < 1.29 is 4.79 Å². The van der Waals surface area contributed by atoms with Gasteiger partial charge in [-0.1, -0.05) is 41.9 Å². The lowest BCUT2D eigenvalue weighted by Crippen LogP contribution is -2.48. The Labute approximate surface area is 198 Å². The average Bonchev–Trinajstić information content (AvgIpc) is 2.85. The Morgan fingerprint density at radius 1 is 0.909 bits per heavy atom. The van der Waals surface area contributed by atoms with E-state index in [9.17, 15) is 4.79 Å². The number of carbonyl (C=O) groups is 1. The Morgan fingerprint density at radius 3 is 2.42 bits per heavy atom. The van der Waals surface area contributed by atoms with Crippen molar-refractivity contribution in [1.29, 1.82) is 0 Å². The lowest BCUT2D eigenvalue weighted by atomic mass is 10.1. The van der Waals surface area contributed by atoms with Crippen LogP contribution in [0.1, 0.15) is 15.9 Å². The van der Waals surface area contributed by atoms with Gasteiger partial charge < -0.3 is 10.2 Å². The molecular formula is C27H25ClN4O. The Kier molecular flexibility index (Phi) is 6.24. The first-order chi connectivity index (χ1) is 16.2. The van der Waals surface area contributed by atoms with E-state index in [4.69, 9.17) is 11.6 Å². The van der Waals surface area contributed by atoms with Crippen LogP contribution >= 0.6 is 11.6 Å². The molecule has 1 N–H and O–H groups in total. The number of hydrogen-bond acceptors (Lipinski definition) is 4. The summed E-state index contributed by atoms with van der Waals surface area (Å²) in [6, 6.07) is 25.8. The number of anilines is 2. The largest absolute Gasteiger partial charge is 0.355 e. The van der Waals surface area contributed by atoms with Crippen LogP contribution in [0.2, 0.25) is 5.02 Å². The molecule has 2 heterocycles. The highest BCUT2D eigenvalue weighted by atomic mass is 35.5. The Bertz CT molecular complexity index is 1250. The van der Waals surface area contributed by atoms with Crippen LogP contribution in [0.3, 0.4) is 0 Å². The lowest BCUT2D eigenvalue weighted by Gasteiger charge is -2.34. The standard InChI is InChI=1S/C27H25ClN4O/c28-22-8-11-24-25(12-13-29-26(24)18-22)30-23-9-6-21(7-10-23)27(33)32-16-14-31(15-17-32)19-20-4-2-1-3-5-20/h1-13,18H,14-17,19H2,(H,29,30). The first-order valence-electron chi connectivity index (χ1n) is 11.1. The van der Waals surface area contributed by atoms with Gasteiger partial charge in [0, 0.05) is 66.3 Å². The topological polar surface area (TPSA) is 48.5 Å². The van der Waals surface area contributed by atoms with Crippen molar-refractivity contribution >= 4 is 39.8 Å². The van der Waals surface area contributed by atoms with Crippen LogP contribution in [0.4, 0.5) is 11.4 Å². The number of aromatic nitrogens is 1. The van der Waals surface area contributed by atoms with Crippen molar-refractivity contribution in [3.8, 4) is 0 Å². The monoisotopic (exact) mass is 456 g/mol. The minimum Gasteiger partial charge on any atom is -0.355 e. The van der Waals surface area contributed by atoms with E-state index >= 15 is 0 Å². The second-order valence-electron chi connectivity index (χ2n) is 8.28. The van der Waals surface area contributed by atoms with E-state index in [1.54, 1.807) is 6.20 Å². The summed E-state index contributed by atoms with van der Waals surface area (Å²) in [6.45, 7) is 4.20. The fourth-order valence-corrected chi connectivity index (χ4v) is 4.38. The van der Waals surface area contributed by atoms with Crippen LogP contribution in [-0.4, -0.2) is 46.9 Å². The van der Waals surface area contributed by atoms with E-state index in [1.165, 1.54) is 5.56 Å². The second-order valence-corrected chi connectivity index (χ2v) is 8.71. The second kappa shape index (κ2) is 9.61. The van der Waals surface area contributed by atoms with Crippen molar-refractivity contribution in [3.05, 3.63) is 101 Å². The van der Waals surface area contributed by atoms with Crippen molar-refractivity contribution in [2.45, 2.75) is 6.54 Å². The maximum absolute atomic E-state index is 13.0. The number of carbonyl (C=O) groups excluding carboxylic acids is 1. The number of halogens is 1. The maximum atomic E-state index is 13.0. The number of fused-ring (bicyclic) bond motifs is 1. The molecule has 1 aliphatic heterocycles. The Morgan fingerprint density at radius 2 is 1.67 bits per heavy atom. The molecule has 0 unspecified atom stereocenters. The van der Waals surface area contributed by atoms with Gasteiger partial charge >= 0.3 is 0 Å². The summed E-state index contributed by atoms with van der Waals surface area (Å²) in [6.07, 6.45) is 1.76. The van der Waals surface area contributed by atoms with Gasteiger partial charge in [0.2, 0.25) is 0 Å². The summed E-state index contributed by atoms with van der Waals surface area (Å²) in [5.74, 6) is 0.0879. The van der Waals surface area contributed by atoms with E-state index in [0.29, 0.717) is 10.6 Å².